The molecule has 0 N–H and O–H groups in total. The van der Waals surface area contributed by atoms with E-state index < -0.39 is 16.1 Å². The van der Waals surface area contributed by atoms with Gasteiger partial charge >= 0.3 is 0 Å². The maximum Gasteiger partial charge on any atom is 0.252 e. The number of benzene rings is 16. The lowest BCUT2D eigenvalue weighted by molar-refractivity contribution is 0.590. The molecule has 0 atom stereocenters. The first-order valence-corrected chi connectivity index (χ1v) is 53.3. The summed E-state index contributed by atoms with van der Waals surface area (Å²) in [5.74, 6) is 0. The summed E-state index contributed by atoms with van der Waals surface area (Å²) in [6.45, 7) is 55.2. The van der Waals surface area contributed by atoms with Gasteiger partial charge in [0.05, 0.1) is 16.4 Å². The third-order valence-corrected chi connectivity index (χ3v) is 38.3. The predicted octanol–water partition coefficient (Wildman–Crippen LogP) is 28.2. The van der Waals surface area contributed by atoms with Gasteiger partial charge in [-0.05, 0) is 255 Å². The number of nitrogens with zero attached hydrogens (tertiary/aromatic N) is 4. The second-order valence-electron chi connectivity index (χ2n) is 46.1. The van der Waals surface area contributed by atoms with Crippen molar-refractivity contribution in [2.45, 2.75) is 209 Å². The van der Waals surface area contributed by atoms with Gasteiger partial charge in [-0.1, -0.05) is 457 Å². The molecule has 0 saturated carbocycles. The molecule has 2 aliphatic rings. The third kappa shape index (κ3) is 18.4. The number of halogens is 1. The Morgan fingerprint density at radius 3 is 0.618 bits per heavy atom. The fourth-order valence-corrected chi connectivity index (χ4v) is 30.3. The van der Waals surface area contributed by atoms with Crippen molar-refractivity contribution in [3.05, 3.63) is 438 Å². The molecule has 686 valence electrons. The molecule has 0 spiro atoms. The molecule has 0 radical (unpaired) electrons. The predicted molar refractivity (Wildman–Crippen MR) is 598 cm³/mol. The summed E-state index contributed by atoms with van der Waals surface area (Å²) in [7, 11) is -6.17. The highest BCUT2D eigenvalue weighted by molar-refractivity contribution is 7.20. The topological polar surface area (TPSA) is 13.0 Å². The molecule has 0 saturated heterocycles. The third-order valence-electron chi connectivity index (χ3n) is 28.4. The van der Waals surface area contributed by atoms with Crippen molar-refractivity contribution < 1.29 is 0 Å². The van der Waals surface area contributed by atoms with E-state index in [9.17, 15) is 0 Å². The van der Waals surface area contributed by atoms with E-state index in [1.54, 1.807) is 0 Å². The van der Waals surface area contributed by atoms with E-state index in [4.69, 9.17) is 11.6 Å². The van der Waals surface area contributed by atoms with Crippen molar-refractivity contribution in [1.29, 1.82) is 0 Å². The Morgan fingerprint density at radius 2 is 0.404 bits per heavy atom. The van der Waals surface area contributed by atoms with E-state index in [2.05, 4.69) is 574 Å². The molecule has 0 amide bonds. The summed E-state index contributed by atoms with van der Waals surface area (Å²) in [5, 5.41) is 11.2. The number of hydrogen-bond acceptors (Lipinski definition) is 4. The quantitative estimate of drug-likeness (QED) is 0.0706. The van der Waals surface area contributed by atoms with Gasteiger partial charge in [0.1, 0.15) is 0 Å². The Balaban J connectivity index is 0.000000189. The van der Waals surface area contributed by atoms with Crippen LogP contribution in [-0.4, -0.2) is 22.9 Å². The van der Waals surface area contributed by atoms with Crippen molar-refractivity contribution in [3.63, 3.8) is 0 Å². The first-order chi connectivity index (χ1) is 64.4. The minimum Gasteiger partial charge on any atom is -0.311 e. The van der Waals surface area contributed by atoms with Crippen LogP contribution >= 0.6 is 11.6 Å². The van der Waals surface area contributed by atoms with Gasteiger partial charge in [0.2, 0.25) is 0 Å². The first kappa shape index (κ1) is 95.2. The highest BCUT2D eigenvalue weighted by atomic mass is 35.5. The second kappa shape index (κ2) is 36.5. The summed E-state index contributed by atoms with van der Waals surface area (Å²) < 4.78 is 0. The zero-order valence-corrected chi connectivity index (χ0v) is 87.5. The average molecular weight is 1830 g/mol. The summed E-state index contributed by atoms with van der Waals surface area (Å²) in [6, 6.07) is 148. The largest absolute Gasteiger partial charge is 0.311 e. The van der Waals surface area contributed by atoms with Crippen molar-refractivity contribution in [1.82, 2.24) is 0 Å². The maximum atomic E-state index is 8.31. The molecule has 0 bridgehead atoms. The summed E-state index contributed by atoms with van der Waals surface area (Å²) >= 11 is 8.31. The molecule has 8 heteroatoms. The zero-order chi connectivity index (χ0) is 96.6. The molecule has 0 aliphatic carbocycles. The van der Waals surface area contributed by atoms with Crippen LogP contribution in [0, 0.1) is 0 Å². The standard InChI is InChI=1S/C64H67BN2Si.C64H69ClN2Si/c1-61(2,3)44-28-34-48(35-29-44)66-56-38-32-46(63(7,8)9)40-54(56)65-55-41-47(64(10,11)12)33-39-57(55)67(49-36-30-45(31-37-49)62(4,5)6)59-43-53(42-58(66)60(59)65)68(50-22-16-13-17-23-50,51-24-18-14-19-25-51)52-26-20-15-21-27-52;1-61(2,3)46-28-36-50(37-29-46)66(51-38-30-47(31-39-51)62(4,5)6)58-44-57(68(54-22-16-13-17-23-54,55-24-18-14-19-25-55)56-26-20-15-21-27-56)45-59(60(58)65)67(52-40-32-48(33-41-52)63(7,8)9)53-42-34-49(35-43-53)64(10,11)12/h13-43H,1-12H3;13-45H,1-12H3. The van der Waals surface area contributed by atoms with Crippen LogP contribution in [0.5, 0.6) is 0 Å². The molecule has 0 unspecified atom stereocenters. The van der Waals surface area contributed by atoms with Gasteiger partial charge < -0.3 is 19.6 Å². The molecule has 2 heterocycles. The molecule has 2 aliphatic heterocycles. The summed E-state index contributed by atoms with van der Waals surface area (Å²) in [5.41, 5.74) is 27.7. The van der Waals surface area contributed by atoms with Crippen LogP contribution in [0.25, 0.3) is 0 Å². The van der Waals surface area contributed by atoms with Gasteiger partial charge in [-0.25, -0.2) is 0 Å². The lowest BCUT2D eigenvalue weighted by Gasteiger charge is -2.46. The van der Waals surface area contributed by atoms with E-state index in [1.165, 1.54) is 137 Å². The molecule has 0 fully saturated rings. The van der Waals surface area contributed by atoms with Gasteiger partial charge in [-0.15, -0.1) is 0 Å². The first-order valence-electron chi connectivity index (χ1n) is 48.9. The van der Waals surface area contributed by atoms with Gasteiger partial charge in [0.25, 0.3) is 6.71 Å². The molecule has 0 aromatic heterocycles. The van der Waals surface area contributed by atoms with E-state index >= 15 is 0 Å². The number of anilines is 12. The van der Waals surface area contributed by atoms with E-state index in [1.807, 2.05) is 0 Å². The van der Waals surface area contributed by atoms with Crippen LogP contribution in [0.2, 0.25) is 5.02 Å². The fraction of sp³-hybridized carbons (Fsp3) is 0.250. The number of fused-ring (bicyclic) bond motifs is 4. The second-order valence-corrected chi connectivity index (χ2v) is 54.1. The lowest BCUT2D eigenvalue weighted by Crippen LogP contribution is -2.75. The van der Waals surface area contributed by atoms with Crippen molar-refractivity contribution in [2.24, 2.45) is 0 Å². The van der Waals surface area contributed by atoms with E-state index in [0.29, 0.717) is 5.02 Å². The smallest absolute Gasteiger partial charge is 0.252 e. The Bertz CT molecular complexity index is 6190. The fourth-order valence-electron chi connectivity index (χ4n) is 20.5. The molecular weight excluding hydrogens is 1700 g/mol. The Morgan fingerprint density at radius 1 is 0.206 bits per heavy atom. The summed E-state index contributed by atoms with van der Waals surface area (Å²) in [6.07, 6.45) is 0. The normalized spacial score (nSPS) is 13.1. The Kier molecular flexibility index (Phi) is 25.6. The molecule has 16 aromatic rings. The molecule has 16 aromatic carbocycles. The Hall–Kier alpha value is -12.5. The molecule has 4 nitrogen and oxygen atoms in total. The van der Waals surface area contributed by atoms with Crippen LogP contribution in [0.4, 0.5) is 68.2 Å². The minimum atomic E-state index is -3.13. The number of rotatable bonds is 16. The molecular formula is C128H136BClN4Si2. The average Bonchev–Trinajstić information content (AvgIpc) is 0.684. The van der Waals surface area contributed by atoms with Gasteiger partial charge in [0, 0.05) is 56.9 Å². The van der Waals surface area contributed by atoms with Crippen molar-refractivity contribution in [2.75, 3.05) is 19.6 Å². The minimum absolute atomic E-state index is 0.0136. The monoisotopic (exact) mass is 1830 g/mol. The van der Waals surface area contributed by atoms with E-state index in [-0.39, 0.29) is 50.0 Å². The summed E-state index contributed by atoms with van der Waals surface area (Å²) in [4.78, 5) is 10.0. The van der Waals surface area contributed by atoms with Gasteiger partial charge in [-0.2, -0.15) is 0 Å². The van der Waals surface area contributed by atoms with Crippen molar-refractivity contribution >= 4 is 161 Å². The van der Waals surface area contributed by atoms with Crippen LogP contribution in [0.1, 0.15) is 211 Å². The van der Waals surface area contributed by atoms with Crippen molar-refractivity contribution in [3.8, 4) is 0 Å². The SMILES string of the molecule is CC(C)(C)c1ccc(N(c2ccc(C(C)(C)C)cc2)c2cc([Si](c3ccccc3)(c3ccccc3)c3ccccc3)cc(N(c3ccc(C(C)(C)C)cc3)c3ccc(C(C)(C)C)cc3)c2Cl)cc1.CC(C)(C)c1ccc(N2c3ccc(C(C)(C)C)cc3B3c4cc(C(C)(C)C)ccc4N(c4ccc(C(C)(C)C)cc4)c4cc([Si](c5ccccc5)(c5ccccc5)c5ccccc5)cc2c43)cc1. The molecule has 136 heavy (non-hydrogen) atoms. The van der Waals surface area contributed by atoms with Crippen LogP contribution < -0.4 is 77.5 Å². The van der Waals surface area contributed by atoms with Crippen LogP contribution in [0.3, 0.4) is 0 Å². The lowest BCUT2D eigenvalue weighted by atomic mass is 9.33. The van der Waals surface area contributed by atoms with Gasteiger partial charge in [-0.3, -0.25) is 0 Å². The highest BCUT2D eigenvalue weighted by Crippen LogP contribution is 2.51. The van der Waals surface area contributed by atoms with Crippen LogP contribution in [0.15, 0.2) is 388 Å². The number of hydrogen-bond donors (Lipinski definition) is 0. The maximum absolute atomic E-state index is 8.31. The highest BCUT2D eigenvalue weighted by Gasteiger charge is 2.50. The molecule has 18 rings (SSSR count). The Labute approximate surface area is 821 Å². The van der Waals surface area contributed by atoms with Crippen LogP contribution in [-0.2, 0) is 43.3 Å². The zero-order valence-electron chi connectivity index (χ0n) is 84.7. The van der Waals surface area contributed by atoms with Gasteiger partial charge in [0.15, 0.2) is 16.1 Å². The van der Waals surface area contributed by atoms with E-state index in [0.717, 1.165) is 34.1 Å².